The summed E-state index contributed by atoms with van der Waals surface area (Å²) in [4.78, 5) is 35.6. The Balaban J connectivity index is 2.56. The van der Waals surface area contributed by atoms with E-state index in [2.05, 4.69) is 80.7 Å². The van der Waals surface area contributed by atoms with Crippen LogP contribution >= 0.6 is 7.82 Å². The maximum atomic E-state index is 12.8. The summed E-state index contributed by atoms with van der Waals surface area (Å²) in [6, 6.07) is 0. The second-order valence-corrected chi connectivity index (χ2v) is 16.2. The largest absolute Gasteiger partial charge is 0.472 e. The second kappa shape index (κ2) is 34.9. The van der Waals surface area contributed by atoms with Crippen molar-refractivity contribution < 1.29 is 63.1 Å². The van der Waals surface area contributed by atoms with Gasteiger partial charge in [-0.15, -0.1) is 0 Å². The molecule has 0 aliphatic heterocycles. The van der Waals surface area contributed by atoms with Crippen LogP contribution in [0.15, 0.2) is 72.9 Å². The molecule has 0 spiro atoms. The molecule has 0 saturated heterocycles. The molecule has 1 fully saturated rings. The topological polar surface area (TPSA) is 210 Å². The van der Waals surface area contributed by atoms with E-state index in [4.69, 9.17) is 18.5 Å². The van der Waals surface area contributed by atoms with Gasteiger partial charge in [-0.1, -0.05) is 112 Å². The molecule has 0 aromatic carbocycles. The Kier molecular flexibility index (Phi) is 32.2. The molecule has 1 saturated carbocycles. The van der Waals surface area contributed by atoms with Crippen molar-refractivity contribution in [3.8, 4) is 0 Å². The number of hydrogen-bond acceptors (Lipinski definition) is 12. The van der Waals surface area contributed by atoms with Crippen molar-refractivity contribution in [3.05, 3.63) is 72.9 Å². The number of carbonyl (C=O) groups excluding carboxylic acids is 2. The number of aliphatic hydroxyl groups is 5. The lowest BCUT2D eigenvalue weighted by Crippen LogP contribution is -2.64. The molecule has 13 nitrogen and oxygen atoms in total. The summed E-state index contributed by atoms with van der Waals surface area (Å²) in [5.74, 6) is -1.20. The predicted octanol–water partition coefficient (Wildman–Crippen LogP) is 7.94. The summed E-state index contributed by atoms with van der Waals surface area (Å²) in [5.41, 5.74) is 0. The highest BCUT2D eigenvalue weighted by molar-refractivity contribution is 7.47. The van der Waals surface area contributed by atoms with Gasteiger partial charge in [0.15, 0.2) is 6.10 Å². The molecule has 0 bridgehead atoms. The lowest BCUT2D eigenvalue weighted by atomic mass is 9.85. The van der Waals surface area contributed by atoms with E-state index in [1.54, 1.807) is 0 Å². The number of phosphoric acid groups is 1. The third-order valence-corrected chi connectivity index (χ3v) is 10.5. The van der Waals surface area contributed by atoms with Crippen LogP contribution in [0.3, 0.4) is 0 Å². The minimum atomic E-state index is -5.14. The molecule has 0 radical (unpaired) electrons. The predicted molar refractivity (Wildman–Crippen MR) is 230 cm³/mol. The quantitative estimate of drug-likeness (QED) is 0.0157. The molecular formula is C45H75O13P. The monoisotopic (exact) mass is 854 g/mol. The molecule has 6 unspecified atom stereocenters. The van der Waals surface area contributed by atoms with Crippen molar-refractivity contribution in [2.24, 2.45) is 0 Å². The normalized spacial score (nSPS) is 23.1. The van der Waals surface area contributed by atoms with Gasteiger partial charge >= 0.3 is 19.8 Å². The van der Waals surface area contributed by atoms with Crippen molar-refractivity contribution in [2.75, 3.05) is 13.2 Å². The minimum absolute atomic E-state index is 0.0358. The van der Waals surface area contributed by atoms with Crippen LogP contribution in [0.25, 0.3) is 0 Å². The van der Waals surface area contributed by atoms with E-state index in [1.165, 1.54) is 38.5 Å². The van der Waals surface area contributed by atoms with Crippen molar-refractivity contribution in [2.45, 2.75) is 185 Å². The van der Waals surface area contributed by atoms with Crippen LogP contribution in [0, 0.1) is 0 Å². The van der Waals surface area contributed by atoms with Gasteiger partial charge in [0, 0.05) is 12.8 Å². The van der Waals surface area contributed by atoms with Crippen LogP contribution in [-0.4, -0.2) is 98.3 Å². The fourth-order valence-corrected chi connectivity index (χ4v) is 6.92. The van der Waals surface area contributed by atoms with E-state index >= 15 is 0 Å². The Morgan fingerprint density at radius 3 is 1.32 bits per heavy atom. The molecule has 0 amide bonds. The van der Waals surface area contributed by atoms with E-state index in [1.807, 2.05) is 6.08 Å². The Morgan fingerprint density at radius 1 is 0.525 bits per heavy atom. The lowest BCUT2D eigenvalue weighted by Gasteiger charge is -2.41. The van der Waals surface area contributed by atoms with Gasteiger partial charge in [-0.25, -0.2) is 4.57 Å². The van der Waals surface area contributed by atoms with Crippen LogP contribution < -0.4 is 0 Å². The van der Waals surface area contributed by atoms with Crippen LogP contribution in [0.1, 0.15) is 142 Å². The summed E-state index contributed by atoms with van der Waals surface area (Å²) in [6.45, 7) is 3.15. The van der Waals surface area contributed by atoms with Gasteiger partial charge in [-0.2, -0.15) is 0 Å². The van der Waals surface area contributed by atoms with Crippen LogP contribution in [0.5, 0.6) is 0 Å². The molecule has 59 heavy (non-hydrogen) atoms. The zero-order valence-corrected chi connectivity index (χ0v) is 36.4. The summed E-state index contributed by atoms with van der Waals surface area (Å²) >= 11 is 0. The zero-order valence-electron chi connectivity index (χ0n) is 35.5. The molecular weight excluding hydrogens is 779 g/mol. The van der Waals surface area contributed by atoms with Crippen molar-refractivity contribution in [1.82, 2.24) is 0 Å². The third-order valence-electron chi connectivity index (χ3n) is 9.52. The molecule has 6 N–H and O–H groups in total. The Labute approximate surface area is 353 Å². The molecule has 14 heteroatoms. The van der Waals surface area contributed by atoms with Gasteiger partial charge in [-0.3, -0.25) is 18.6 Å². The summed E-state index contributed by atoms with van der Waals surface area (Å²) < 4.78 is 33.4. The number of allylic oxidation sites excluding steroid dienone is 12. The molecule has 1 aliphatic carbocycles. The summed E-state index contributed by atoms with van der Waals surface area (Å²) in [6.07, 6.45) is 29.7. The van der Waals surface area contributed by atoms with Gasteiger partial charge in [-0.05, 0) is 89.9 Å². The fourth-order valence-electron chi connectivity index (χ4n) is 5.94. The van der Waals surface area contributed by atoms with Crippen LogP contribution in [0.2, 0.25) is 0 Å². The summed E-state index contributed by atoms with van der Waals surface area (Å²) in [7, 11) is -5.14. The standard InChI is InChI=1S/C45H75O13P/c1-3-5-7-9-11-13-15-17-19-21-23-25-27-29-31-33-38(46)55-35-37(36-56-59(53,54)58-45-43(51)41(49)40(48)42(50)44(45)52)57-39(47)34-32-30-28-26-24-22-20-18-16-14-12-10-8-6-4-2/h11-14,17-20,23-26,37,40-45,48-52H,3-10,15-16,21-22,27-36H2,1-2H3,(H,53,54)/b13-11+,14-12+,19-17+,20-18+,25-23+,26-24+/t37-,40?,41-,42?,43?,44?,45?/m1/s1. The van der Waals surface area contributed by atoms with Gasteiger partial charge in [0.1, 0.15) is 43.2 Å². The van der Waals surface area contributed by atoms with Gasteiger partial charge in [0.05, 0.1) is 6.61 Å². The molecule has 8 atom stereocenters. The number of carbonyl (C=O) groups is 2. The molecule has 1 rings (SSSR count). The SMILES string of the molecule is CCCCC/C=C/C/C=C/C/C=C/CCCCC(=O)OC[C@H](COP(=O)(O)OC1C(O)C(O)C(O)[C@@H](O)C1O)OC(=O)CCCC/C=C/C/C=C/C/C=C/CCCCC. The first-order valence-electron chi connectivity index (χ1n) is 21.7. The van der Waals surface area contributed by atoms with Crippen molar-refractivity contribution in [3.63, 3.8) is 0 Å². The number of phosphoric ester groups is 1. The molecule has 0 aromatic rings. The molecule has 338 valence electrons. The highest BCUT2D eigenvalue weighted by Gasteiger charge is 2.51. The molecule has 0 aromatic heterocycles. The number of hydrogen-bond donors (Lipinski definition) is 6. The zero-order chi connectivity index (χ0) is 43.6. The first kappa shape index (κ1) is 54.3. The number of rotatable bonds is 34. The van der Waals surface area contributed by atoms with E-state index in [0.717, 1.165) is 57.8 Å². The van der Waals surface area contributed by atoms with E-state index in [9.17, 15) is 44.6 Å². The van der Waals surface area contributed by atoms with Gasteiger partial charge < -0.3 is 39.9 Å². The molecule has 1 aliphatic rings. The Morgan fingerprint density at radius 2 is 0.898 bits per heavy atom. The first-order chi connectivity index (χ1) is 28.4. The maximum absolute atomic E-state index is 12.8. The van der Waals surface area contributed by atoms with Gasteiger partial charge in [0.2, 0.25) is 0 Å². The number of unbranched alkanes of at least 4 members (excludes halogenated alkanes) is 10. The fraction of sp³-hybridized carbons (Fsp3) is 0.689. The number of aliphatic hydroxyl groups excluding tert-OH is 5. The average Bonchev–Trinajstić information content (AvgIpc) is 3.21. The van der Waals surface area contributed by atoms with E-state index in [0.29, 0.717) is 19.3 Å². The Hall–Kier alpha value is -2.71. The van der Waals surface area contributed by atoms with Crippen molar-refractivity contribution >= 4 is 19.8 Å². The van der Waals surface area contributed by atoms with Crippen LogP contribution in [0.4, 0.5) is 0 Å². The highest BCUT2D eigenvalue weighted by Crippen LogP contribution is 2.47. The van der Waals surface area contributed by atoms with E-state index < -0.39 is 75.7 Å². The first-order valence-corrected chi connectivity index (χ1v) is 23.2. The van der Waals surface area contributed by atoms with E-state index in [-0.39, 0.29) is 12.8 Å². The lowest BCUT2D eigenvalue weighted by molar-refractivity contribution is -0.220. The maximum Gasteiger partial charge on any atom is 0.472 e. The van der Waals surface area contributed by atoms with Crippen molar-refractivity contribution in [1.29, 1.82) is 0 Å². The van der Waals surface area contributed by atoms with Crippen LogP contribution in [-0.2, 0) is 32.7 Å². The number of esters is 2. The minimum Gasteiger partial charge on any atom is -0.462 e. The number of ether oxygens (including phenoxy) is 2. The second-order valence-electron chi connectivity index (χ2n) is 14.8. The summed E-state index contributed by atoms with van der Waals surface area (Å²) in [5, 5.41) is 50.1. The van der Waals surface area contributed by atoms with Gasteiger partial charge in [0.25, 0.3) is 0 Å². The smallest absolute Gasteiger partial charge is 0.462 e. The average molecular weight is 855 g/mol. The third kappa shape index (κ3) is 27.7. The Bertz CT molecular complexity index is 1310. The highest BCUT2D eigenvalue weighted by atomic mass is 31.2. The molecule has 0 heterocycles.